The zero-order chi connectivity index (χ0) is 14.2. The van der Waals surface area contributed by atoms with Crippen LogP contribution >= 0.6 is 0 Å². The Hall–Kier alpha value is -2.34. The highest BCUT2D eigenvalue weighted by atomic mass is 16.5. The van der Waals surface area contributed by atoms with Crippen molar-refractivity contribution in [1.82, 2.24) is 0 Å². The standard InChI is InChI=1S/C13H13O6/c1-19-12-5-8(15)7(4-9(12)16)13-10(17)2-6(14)3-11(13)18/h2-6,14-18H,1H3. The number of ether oxygens (including phenoxy) is 1. The van der Waals surface area contributed by atoms with Gasteiger partial charge < -0.3 is 30.3 Å². The Bertz CT molecular complexity index is 573. The maximum atomic E-state index is 9.85. The van der Waals surface area contributed by atoms with Gasteiger partial charge in [-0.3, -0.25) is 0 Å². The van der Waals surface area contributed by atoms with E-state index < -0.39 is 17.6 Å². The first-order valence-electron chi connectivity index (χ1n) is 5.41. The van der Waals surface area contributed by atoms with Crippen LogP contribution in [0.25, 0.3) is 5.57 Å². The van der Waals surface area contributed by atoms with E-state index in [1.165, 1.54) is 7.11 Å². The highest BCUT2D eigenvalue weighted by molar-refractivity contribution is 5.84. The number of phenols is 2. The third-order valence-electron chi connectivity index (χ3n) is 2.74. The van der Waals surface area contributed by atoms with Gasteiger partial charge in [0.1, 0.15) is 17.3 Å². The maximum absolute atomic E-state index is 9.85. The van der Waals surface area contributed by atoms with Gasteiger partial charge in [-0.2, -0.15) is 0 Å². The second kappa shape index (κ2) is 4.74. The fraction of sp³-hybridized carbons (Fsp3) is 0.154. The van der Waals surface area contributed by atoms with Crippen LogP contribution in [0.2, 0.25) is 0 Å². The lowest BCUT2D eigenvalue weighted by molar-refractivity contribution is 0.235. The normalized spacial score (nSPS) is 19.3. The van der Waals surface area contributed by atoms with Crippen molar-refractivity contribution >= 4 is 5.57 Å². The van der Waals surface area contributed by atoms with Crippen LogP contribution in [0.3, 0.4) is 0 Å². The van der Waals surface area contributed by atoms with Crippen molar-refractivity contribution in [3.05, 3.63) is 41.7 Å². The van der Waals surface area contributed by atoms with E-state index in [0.29, 0.717) is 0 Å². The number of hydrogen-bond acceptors (Lipinski definition) is 6. The largest absolute Gasteiger partial charge is 0.511 e. The van der Waals surface area contributed by atoms with Gasteiger partial charge >= 0.3 is 0 Å². The van der Waals surface area contributed by atoms with Crippen molar-refractivity contribution in [3.8, 4) is 17.2 Å². The topological polar surface area (TPSA) is 110 Å². The molecule has 6 nitrogen and oxygen atoms in total. The van der Waals surface area contributed by atoms with Gasteiger partial charge in [-0.1, -0.05) is 0 Å². The van der Waals surface area contributed by atoms with Crippen LogP contribution in [0.5, 0.6) is 17.2 Å². The molecule has 0 aromatic heterocycles. The van der Waals surface area contributed by atoms with Gasteiger partial charge in [-0.05, 0) is 12.1 Å². The van der Waals surface area contributed by atoms with Crippen LogP contribution < -0.4 is 4.74 Å². The lowest BCUT2D eigenvalue weighted by Gasteiger charge is -2.19. The highest BCUT2D eigenvalue weighted by Crippen LogP contribution is 2.40. The van der Waals surface area contributed by atoms with Gasteiger partial charge in [0, 0.05) is 11.6 Å². The van der Waals surface area contributed by atoms with Crippen LogP contribution in [-0.4, -0.2) is 38.7 Å². The maximum Gasteiger partial charge on any atom is 0.164 e. The third kappa shape index (κ3) is 2.30. The Morgan fingerprint density at radius 2 is 1.74 bits per heavy atom. The predicted molar refractivity (Wildman–Crippen MR) is 66.9 cm³/mol. The molecule has 1 radical (unpaired) electrons. The number of phenolic OH excluding ortho intramolecular Hbond substituents is 2. The molecule has 0 fully saturated rings. The number of methoxy groups -OCH3 is 1. The Morgan fingerprint density at radius 3 is 2.32 bits per heavy atom. The van der Waals surface area contributed by atoms with E-state index >= 15 is 0 Å². The molecule has 0 heterocycles. The van der Waals surface area contributed by atoms with Gasteiger partial charge in [0.05, 0.1) is 25.2 Å². The molecule has 0 aliphatic heterocycles. The number of aliphatic hydroxyl groups excluding tert-OH is 3. The molecule has 1 aliphatic rings. The SMILES string of the molecule is COc1cc(O)c(C2=C(O)[CH]C(O)C=C2O)cc1O. The quantitative estimate of drug-likeness (QED) is 0.517. The average Bonchev–Trinajstić information content (AvgIpc) is 2.31. The number of benzene rings is 1. The fourth-order valence-electron chi connectivity index (χ4n) is 1.87. The molecular formula is C13H13O6. The van der Waals surface area contributed by atoms with Gasteiger partial charge in [0.2, 0.25) is 0 Å². The van der Waals surface area contributed by atoms with Crippen LogP contribution in [-0.2, 0) is 0 Å². The van der Waals surface area contributed by atoms with E-state index in [1.807, 2.05) is 0 Å². The molecule has 1 aliphatic carbocycles. The Kier molecular flexibility index (Phi) is 3.26. The summed E-state index contributed by atoms with van der Waals surface area (Å²) in [7, 11) is 1.33. The molecule has 5 N–H and O–H groups in total. The zero-order valence-electron chi connectivity index (χ0n) is 10.0. The molecule has 1 atom stereocenters. The molecule has 0 amide bonds. The lowest BCUT2D eigenvalue weighted by atomic mass is 9.94. The number of hydrogen-bond donors (Lipinski definition) is 5. The number of allylic oxidation sites excluding steroid dienone is 1. The second-order valence-corrected chi connectivity index (χ2v) is 4.01. The monoisotopic (exact) mass is 265 g/mol. The van der Waals surface area contributed by atoms with Gasteiger partial charge in [0.15, 0.2) is 11.5 Å². The summed E-state index contributed by atoms with van der Waals surface area (Å²) in [5, 5.41) is 48.3. The molecule has 1 unspecified atom stereocenters. The molecule has 101 valence electrons. The Labute approximate surface area is 109 Å². The van der Waals surface area contributed by atoms with Gasteiger partial charge in [0.25, 0.3) is 0 Å². The van der Waals surface area contributed by atoms with Crippen LogP contribution in [0, 0.1) is 6.42 Å². The fourth-order valence-corrected chi connectivity index (χ4v) is 1.87. The first-order valence-corrected chi connectivity index (χ1v) is 5.41. The molecular weight excluding hydrogens is 252 g/mol. The average molecular weight is 265 g/mol. The summed E-state index contributed by atoms with van der Waals surface area (Å²) in [6, 6.07) is 2.30. The number of rotatable bonds is 2. The second-order valence-electron chi connectivity index (χ2n) is 4.01. The van der Waals surface area contributed by atoms with Crippen molar-refractivity contribution in [2.75, 3.05) is 7.11 Å². The van der Waals surface area contributed by atoms with Crippen LogP contribution in [0.4, 0.5) is 0 Å². The minimum Gasteiger partial charge on any atom is -0.511 e. The minimum absolute atomic E-state index is 0.0210. The minimum atomic E-state index is -1.11. The molecule has 19 heavy (non-hydrogen) atoms. The highest BCUT2D eigenvalue weighted by Gasteiger charge is 2.25. The summed E-state index contributed by atoms with van der Waals surface area (Å²) in [5.41, 5.74) is -0.0616. The number of aliphatic hydroxyl groups is 3. The van der Waals surface area contributed by atoms with E-state index in [9.17, 15) is 25.5 Å². The van der Waals surface area contributed by atoms with E-state index in [4.69, 9.17) is 4.74 Å². The Balaban J connectivity index is 2.57. The molecule has 0 saturated heterocycles. The van der Waals surface area contributed by atoms with Crippen molar-refractivity contribution in [2.45, 2.75) is 6.10 Å². The molecule has 0 spiro atoms. The smallest absolute Gasteiger partial charge is 0.164 e. The van der Waals surface area contributed by atoms with E-state index in [0.717, 1.165) is 24.6 Å². The van der Waals surface area contributed by atoms with Crippen molar-refractivity contribution in [3.63, 3.8) is 0 Å². The predicted octanol–water partition coefficient (Wildman–Crippen LogP) is 1.40. The summed E-state index contributed by atoms with van der Waals surface area (Å²) >= 11 is 0. The first kappa shape index (κ1) is 13.1. The molecule has 2 rings (SSSR count). The summed E-state index contributed by atoms with van der Waals surface area (Å²) in [6.45, 7) is 0. The number of aromatic hydroxyl groups is 2. The van der Waals surface area contributed by atoms with Crippen molar-refractivity contribution in [1.29, 1.82) is 0 Å². The summed E-state index contributed by atoms with van der Waals surface area (Å²) < 4.78 is 4.83. The van der Waals surface area contributed by atoms with Crippen molar-refractivity contribution in [2.24, 2.45) is 0 Å². The zero-order valence-corrected chi connectivity index (χ0v) is 10.0. The van der Waals surface area contributed by atoms with Gasteiger partial charge in [-0.15, -0.1) is 0 Å². The summed E-state index contributed by atoms with van der Waals surface area (Å²) in [6.07, 6.45) is 1.07. The molecule has 6 heteroatoms. The van der Waals surface area contributed by atoms with Crippen molar-refractivity contribution < 1.29 is 30.3 Å². The van der Waals surface area contributed by atoms with Gasteiger partial charge in [-0.25, -0.2) is 0 Å². The molecule has 1 aromatic rings. The van der Waals surface area contributed by atoms with Crippen LogP contribution in [0.1, 0.15) is 5.56 Å². The first-order chi connectivity index (χ1) is 8.93. The lowest BCUT2D eigenvalue weighted by Crippen LogP contribution is -2.13. The molecule has 1 aromatic carbocycles. The Morgan fingerprint density at radius 1 is 1.05 bits per heavy atom. The third-order valence-corrected chi connectivity index (χ3v) is 2.74. The van der Waals surface area contributed by atoms with E-state index in [2.05, 4.69) is 0 Å². The molecule has 0 saturated carbocycles. The molecule has 0 bridgehead atoms. The summed E-state index contributed by atoms with van der Waals surface area (Å²) in [4.78, 5) is 0. The van der Waals surface area contributed by atoms with E-state index in [1.54, 1.807) is 0 Å². The van der Waals surface area contributed by atoms with E-state index in [-0.39, 0.29) is 28.4 Å². The summed E-state index contributed by atoms with van der Waals surface area (Å²) in [5.74, 6) is -1.28. The van der Waals surface area contributed by atoms with Crippen LogP contribution in [0.15, 0.2) is 29.7 Å².